The van der Waals surface area contributed by atoms with Crippen molar-refractivity contribution in [3.63, 3.8) is 0 Å². The number of aromatic nitrogens is 1. The monoisotopic (exact) mass is 367 g/mol. The zero-order chi connectivity index (χ0) is 17.5. The predicted molar refractivity (Wildman–Crippen MR) is 96.9 cm³/mol. The number of nitrogens with one attached hydrogen (secondary N) is 1. The van der Waals surface area contributed by atoms with Gasteiger partial charge in [0.05, 0.1) is 12.3 Å². The van der Waals surface area contributed by atoms with E-state index in [-0.39, 0.29) is 5.75 Å². The van der Waals surface area contributed by atoms with Crippen LogP contribution in [0.1, 0.15) is 36.3 Å². The fourth-order valence-electron chi connectivity index (χ4n) is 2.94. The molecule has 1 saturated heterocycles. The van der Waals surface area contributed by atoms with Gasteiger partial charge in [0.25, 0.3) is 5.76 Å². The first kappa shape index (κ1) is 18.2. The smallest absolute Gasteiger partial charge is 0.284 e. The van der Waals surface area contributed by atoms with Crippen LogP contribution in [0, 0.1) is 0 Å². The van der Waals surface area contributed by atoms with Gasteiger partial charge in [-0.25, -0.2) is 4.98 Å². The number of piperidine rings is 1. The van der Waals surface area contributed by atoms with E-state index in [0.717, 1.165) is 24.7 Å². The Bertz CT molecular complexity index is 659. The van der Waals surface area contributed by atoms with Crippen molar-refractivity contribution < 1.29 is 13.2 Å². The van der Waals surface area contributed by atoms with Crippen LogP contribution in [0.3, 0.4) is 0 Å². The summed E-state index contributed by atoms with van der Waals surface area (Å²) in [6.07, 6.45) is 5.62. The molecule has 7 heteroatoms. The Labute approximate surface area is 151 Å². The first-order valence-electron chi connectivity index (χ1n) is 8.58. The number of hydrogen-bond acceptors (Lipinski definition) is 5. The fourth-order valence-corrected chi connectivity index (χ4v) is 3.38. The summed E-state index contributed by atoms with van der Waals surface area (Å²) < 4.78 is 29.9. The van der Waals surface area contributed by atoms with Crippen molar-refractivity contribution in [3.05, 3.63) is 47.5 Å². The minimum Gasteiger partial charge on any atom is -0.464 e. The molecule has 0 bridgehead atoms. The summed E-state index contributed by atoms with van der Waals surface area (Å²) in [5.41, 5.74) is 1.18. The molecule has 0 unspecified atom stereocenters. The first-order chi connectivity index (χ1) is 12.2. The summed E-state index contributed by atoms with van der Waals surface area (Å²) >= 11 is 0.574. The third-order valence-corrected chi connectivity index (χ3v) is 4.89. The topological polar surface area (TPSA) is 41.3 Å². The zero-order valence-corrected chi connectivity index (χ0v) is 14.9. The maximum absolute atomic E-state index is 12.2. The molecule has 1 aliphatic rings. The standard InChI is InChI=1S/C18H23F2N3OS/c19-18(20)25-13-16-5-4-15(24-16)12-21-11-14-6-7-22-17(10-14)23-8-2-1-3-9-23/h4-7,10,18,21H,1-3,8-9,11-13H2. The van der Waals surface area contributed by atoms with Crippen LogP contribution in [-0.2, 0) is 18.8 Å². The SMILES string of the molecule is FC(F)SCc1ccc(CNCc2ccnc(N3CCCCC3)c2)o1. The fraction of sp³-hybridized carbons (Fsp3) is 0.500. The molecule has 0 spiro atoms. The van der Waals surface area contributed by atoms with Gasteiger partial charge in [0.2, 0.25) is 0 Å². The third kappa shape index (κ3) is 5.71. The lowest BCUT2D eigenvalue weighted by atomic mass is 10.1. The largest absolute Gasteiger partial charge is 0.464 e. The van der Waals surface area contributed by atoms with Crippen molar-refractivity contribution in [2.45, 2.75) is 43.9 Å². The minimum atomic E-state index is -2.37. The van der Waals surface area contributed by atoms with E-state index in [0.29, 0.717) is 30.6 Å². The molecule has 1 N–H and O–H groups in total. The van der Waals surface area contributed by atoms with Gasteiger partial charge in [-0.3, -0.25) is 0 Å². The molecule has 25 heavy (non-hydrogen) atoms. The molecule has 1 aliphatic heterocycles. The highest BCUT2D eigenvalue weighted by molar-refractivity contribution is 7.98. The van der Waals surface area contributed by atoms with Crippen molar-refractivity contribution in [2.75, 3.05) is 18.0 Å². The molecule has 1 fully saturated rings. The lowest BCUT2D eigenvalue weighted by Crippen LogP contribution is -2.30. The van der Waals surface area contributed by atoms with E-state index in [2.05, 4.69) is 21.3 Å². The number of halogens is 2. The number of anilines is 1. The van der Waals surface area contributed by atoms with Gasteiger partial charge in [0.1, 0.15) is 17.3 Å². The number of nitrogens with zero attached hydrogens (tertiary/aromatic N) is 2. The van der Waals surface area contributed by atoms with E-state index in [4.69, 9.17) is 4.42 Å². The van der Waals surface area contributed by atoms with Crippen molar-refractivity contribution in [3.8, 4) is 0 Å². The third-order valence-electron chi connectivity index (χ3n) is 4.19. The van der Waals surface area contributed by atoms with E-state index in [1.54, 1.807) is 6.07 Å². The Hall–Kier alpha value is -1.60. The molecular weight excluding hydrogens is 344 g/mol. The number of hydrogen-bond donors (Lipinski definition) is 1. The van der Waals surface area contributed by atoms with Crippen molar-refractivity contribution >= 4 is 17.6 Å². The Morgan fingerprint density at radius 1 is 1.12 bits per heavy atom. The maximum Gasteiger partial charge on any atom is 0.284 e. The highest BCUT2D eigenvalue weighted by Gasteiger charge is 2.12. The molecular formula is C18H23F2N3OS. The summed E-state index contributed by atoms with van der Waals surface area (Å²) in [7, 11) is 0. The molecule has 0 radical (unpaired) electrons. The normalized spacial score (nSPS) is 15.1. The second-order valence-corrected chi connectivity index (χ2v) is 7.09. The lowest BCUT2D eigenvalue weighted by Gasteiger charge is -2.27. The highest BCUT2D eigenvalue weighted by Crippen LogP contribution is 2.21. The van der Waals surface area contributed by atoms with Crippen LogP contribution in [0.2, 0.25) is 0 Å². The quantitative estimate of drug-likeness (QED) is 0.748. The molecule has 136 valence electrons. The van der Waals surface area contributed by atoms with Crippen LogP contribution in [-0.4, -0.2) is 23.8 Å². The van der Waals surface area contributed by atoms with Gasteiger partial charge >= 0.3 is 0 Å². The average Bonchev–Trinajstić information content (AvgIpc) is 3.09. The molecule has 0 aromatic carbocycles. The van der Waals surface area contributed by atoms with Crippen LogP contribution in [0.5, 0.6) is 0 Å². The summed E-state index contributed by atoms with van der Waals surface area (Å²) in [4.78, 5) is 6.82. The van der Waals surface area contributed by atoms with Crippen LogP contribution in [0.25, 0.3) is 0 Å². The molecule has 2 aromatic heterocycles. The summed E-state index contributed by atoms with van der Waals surface area (Å²) in [5, 5.41) is 3.33. The molecule has 3 rings (SSSR count). The number of furan rings is 1. The second kappa shape index (κ2) is 9.20. The molecule has 3 heterocycles. The molecule has 2 aromatic rings. The Morgan fingerprint density at radius 2 is 1.92 bits per heavy atom. The van der Waals surface area contributed by atoms with Crippen LogP contribution < -0.4 is 10.2 Å². The summed E-state index contributed by atoms with van der Waals surface area (Å²) in [6.45, 7) is 3.44. The van der Waals surface area contributed by atoms with Crippen molar-refractivity contribution in [1.82, 2.24) is 10.3 Å². The maximum atomic E-state index is 12.2. The van der Waals surface area contributed by atoms with Crippen LogP contribution >= 0.6 is 11.8 Å². The van der Waals surface area contributed by atoms with E-state index in [1.807, 2.05) is 18.3 Å². The minimum absolute atomic E-state index is 0.196. The summed E-state index contributed by atoms with van der Waals surface area (Å²) in [6, 6.07) is 7.73. The molecule has 0 amide bonds. The first-order valence-corrected chi connectivity index (χ1v) is 9.63. The Balaban J connectivity index is 1.47. The van der Waals surface area contributed by atoms with E-state index >= 15 is 0 Å². The van der Waals surface area contributed by atoms with E-state index in [9.17, 15) is 8.78 Å². The highest BCUT2D eigenvalue weighted by atomic mass is 32.2. The number of pyridine rings is 1. The van der Waals surface area contributed by atoms with Gasteiger partial charge in [-0.1, -0.05) is 11.8 Å². The Kier molecular flexibility index (Phi) is 6.69. The van der Waals surface area contributed by atoms with Gasteiger partial charge < -0.3 is 14.6 Å². The van der Waals surface area contributed by atoms with E-state index < -0.39 is 5.76 Å². The van der Waals surface area contributed by atoms with E-state index in [1.165, 1.54) is 24.8 Å². The van der Waals surface area contributed by atoms with Gasteiger partial charge in [0, 0.05) is 25.8 Å². The summed E-state index contributed by atoms with van der Waals surface area (Å²) in [5.74, 6) is 0.214. The molecule has 4 nitrogen and oxygen atoms in total. The van der Waals surface area contributed by atoms with Crippen molar-refractivity contribution in [1.29, 1.82) is 0 Å². The molecule has 0 saturated carbocycles. The second-order valence-electron chi connectivity index (χ2n) is 6.11. The molecule has 0 aliphatic carbocycles. The van der Waals surface area contributed by atoms with Crippen LogP contribution in [0.4, 0.5) is 14.6 Å². The predicted octanol–water partition coefficient (Wildman–Crippen LogP) is 4.41. The van der Waals surface area contributed by atoms with Crippen LogP contribution in [0.15, 0.2) is 34.9 Å². The Morgan fingerprint density at radius 3 is 2.72 bits per heavy atom. The van der Waals surface area contributed by atoms with Gasteiger partial charge in [-0.2, -0.15) is 8.78 Å². The molecule has 0 atom stereocenters. The zero-order valence-electron chi connectivity index (χ0n) is 14.1. The van der Waals surface area contributed by atoms with Gasteiger partial charge in [-0.05, 0) is 49.1 Å². The van der Waals surface area contributed by atoms with Gasteiger partial charge in [0.15, 0.2) is 0 Å². The lowest BCUT2D eigenvalue weighted by molar-refractivity contribution is 0.251. The average molecular weight is 367 g/mol. The number of thioether (sulfide) groups is 1. The van der Waals surface area contributed by atoms with Gasteiger partial charge in [-0.15, -0.1) is 0 Å². The number of rotatable bonds is 8. The van der Waals surface area contributed by atoms with Crippen molar-refractivity contribution in [2.24, 2.45) is 0 Å². The number of alkyl halides is 2.